The summed E-state index contributed by atoms with van der Waals surface area (Å²) in [6.07, 6.45) is 0. The molecule has 0 bridgehead atoms. The van der Waals surface area contributed by atoms with Gasteiger partial charge in [-0.3, -0.25) is 0 Å². The van der Waals surface area contributed by atoms with Crippen LogP contribution in [0.1, 0.15) is 10.4 Å². The second-order valence-corrected chi connectivity index (χ2v) is 6.72. The molecule has 24 heavy (non-hydrogen) atoms. The van der Waals surface area contributed by atoms with E-state index in [1.807, 2.05) is 12.1 Å². The lowest BCUT2D eigenvalue weighted by atomic mass is 10.2. The quantitative estimate of drug-likeness (QED) is 0.571. The van der Waals surface area contributed by atoms with E-state index in [-0.39, 0.29) is 5.56 Å². The molecule has 0 spiro atoms. The number of carboxylic acid groups (broad SMARTS) is 1. The Labute approximate surface area is 163 Å². The van der Waals surface area contributed by atoms with E-state index in [2.05, 4.69) is 36.8 Å². The lowest BCUT2D eigenvalue weighted by molar-refractivity contribution is 0.0697. The van der Waals surface area contributed by atoms with E-state index in [0.29, 0.717) is 10.8 Å². The standard InChI is InChI=1S/C10H13Br2NO.C7H5ClO2/c11-5-7-13(8-6-12)9-1-3-10(14)4-2-9;8-6-3-1-2-5(4-6)7(9)10/h1-4,14H,5-8H2;1-4H,(H,9,10). The first-order valence-electron chi connectivity index (χ1n) is 7.12. The molecule has 0 aliphatic heterocycles. The molecule has 0 aliphatic rings. The molecule has 0 amide bonds. The van der Waals surface area contributed by atoms with Crippen LogP contribution in [0, 0.1) is 0 Å². The van der Waals surface area contributed by atoms with Gasteiger partial charge in [-0.2, -0.15) is 0 Å². The van der Waals surface area contributed by atoms with Crippen LogP contribution in [0.25, 0.3) is 0 Å². The van der Waals surface area contributed by atoms with Crippen molar-refractivity contribution in [1.29, 1.82) is 0 Å². The van der Waals surface area contributed by atoms with Crippen molar-refractivity contribution in [2.75, 3.05) is 28.6 Å². The van der Waals surface area contributed by atoms with Crippen molar-refractivity contribution in [2.45, 2.75) is 0 Å². The molecule has 0 radical (unpaired) electrons. The number of rotatable bonds is 6. The third-order valence-electron chi connectivity index (χ3n) is 3.00. The molecule has 0 saturated heterocycles. The molecular weight excluding hydrogens is 461 g/mol. The molecule has 4 nitrogen and oxygen atoms in total. The number of hydrogen-bond donors (Lipinski definition) is 2. The lowest BCUT2D eigenvalue weighted by Crippen LogP contribution is -2.27. The minimum Gasteiger partial charge on any atom is -0.508 e. The molecule has 2 N–H and O–H groups in total. The monoisotopic (exact) mass is 477 g/mol. The summed E-state index contributed by atoms with van der Waals surface area (Å²) in [6.45, 7) is 1.94. The predicted molar refractivity (Wildman–Crippen MR) is 106 cm³/mol. The first-order valence-corrected chi connectivity index (χ1v) is 9.74. The fraction of sp³-hybridized carbons (Fsp3) is 0.235. The Balaban J connectivity index is 0.000000254. The van der Waals surface area contributed by atoms with Gasteiger partial charge in [-0.15, -0.1) is 0 Å². The topological polar surface area (TPSA) is 60.8 Å². The van der Waals surface area contributed by atoms with Crippen molar-refractivity contribution in [3.63, 3.8) is 0 Å². The molecule has 0 fully saturated rings. The number of phenols is 1. The molecule has 7 heteroatoms. The molecule has 0 saturated carbocycles. The smallest absolute Gasteiger partial charge is 0.335 e. The van der Waals surface area contributed by atoms with Crippen molar-refractivity contribution >= 4 is 55.1 Å². The average molecular weight is 480 g/mol. The van der Waals surface area contributed by atoms with Crippen molar-refractivity contribution in [3.05, 3.63) is 59.1 Å². The normalized spacial score (nSPS) is 9.79. The number of phenolic OH excluding ortho intramolecular Hbond substituents is 1. The molecule has 0 aromatic heterocycles. The highest BCUT2D eigenvalue weighted by Crippen LogP contribution is 2.18. The van der Waals surface area contributed by atoms with Crippen LogP contribution in [0.15, 0.2) is 48.5 Å². The first kappa shape index (κ1) is 20.8. The Morgan fingerprint density at radius 2 is 1.62 bits per heavy atom. The van der Waals surface area contributed by atoms with Crippen molar-refractivity contribution in [3.8, 4) is 5.75 Å². The molecule has 0 atom stereocenters. The number of nitrogens with zero attached hydrogens (tertiary/aromatic N) is 1. The number of benzene rings is 2. The zero-order valence-electron chi connectivity index (χ0n) is 12.8. The molecular formula is C17H18Br2ClNO3. The maximum atomic E-state index is 10.3. The van der Waals surface area contributed by atoms with Gasteiger partial charge in [-0.1, -0.05) is 49.5 Å². The Kier molecular flexibility index (Phi) is 9.83. The summed E-state index contributed by atoms with van der Waals surface area (Å²) >= 11 is 12.4. The maximum Gasteiger partial charge on any atom is 0.335 e. The van der Waals surface area contributed by atoms with Gasteiger partial charge in [-0.25, -0.2) is 4.79 Å². The van der Waals surface area contributed by atoms with E-state index < -0.39 is 5.97 Å². The fourth-order valence-corrected chi connectivity index (χ4v) is 2.91. The van der Waals surface area contributed by atoms with Gasteiger partial charge in [-0.05, 0) is 42.5 Å². The number of alkyl halides is 2. The summed E-state index contributed by atoms with van der Waals surface area (Å²) in [5.41, 5.74) is 1.36. The van der Waals surface area contributed by atoms with Crippen LogP contribution in [-0.4, -0.2) is 39.9 Å². The first-order chi connectivity index (χ1) is 11.5. The number of carboxylic acids is 1. The highest BCUT2D eigenvalue weighted by atomic mass is 79.9. The van der Waals surface area contributed by atoms with E-state index in [9.17, 15) is 4.79 Å². The number of hydrogen-bond acceptors (Lipinski definition) is 3. The van der Waals surface area contributed by atoms with E-state index in [1.54, 1.807) is 24.3 Å². The summed E-state index contributed by atoms with van der Waals surface area (Å²) in [5.74, 6) is -0.645. The zero-order valence-corrected chi connectivity index (χ0v) is 16.8. The van der Waals surface area contributed by atoms with Gasteiger partial charge in [0.1, 0.15) is 5.75 Å². The van der Waals surface area contributed by atoms with E-state index in [1.165, 1.54) is 12.1 Å². The van der Waals surface area contributed by atoms with Gasteiger partial charge < -0.3 is 15.1 Å². The SMILES string of the molecule is O=C(O)c1cccc(Cl)c1.Oc1ccc(N(CCBr)CCBr)cc1. The van der Waals surface area contributed by atoms with Crippen LogP contribution in [0.3, 0.4) is 0 Å². The van der Waals surface area contributed by atoms with Crippen LogP contribution < -0.4 is 4.90 Å². The predicted octanol–water partition coefficient (Wildman–Crippen LogP) is 5.03. The number of halogens is 3. The molecule has 130 valence electrons. The largest absolute Gasteiger partial charge is 0.508 e. The summed E-state index contributed by atoms with van der Waals surface area (Å²) in [4.78, 5) is 12.5. The third-order valence-corrected chi connectivity index (χ3v) is 3.94. The average Bonchev–Trinajstić information content (AvgIpc) is 2.56. The van der Waals surface area contributed by atoms with Gasteiger partial charge in [0.2, 0.25) is 0 Å². The number of aromatic hydroxyl groups is 1. The van der Waals surface area contributed by atoms with Crippen molar-refractivity contribution in [2.24, 2.45) is 0 Å². The molecule has 2 aromatic rings. The number of carbonyl (C=O) groups is 1. The van der Waals surface area contributed by atoms with Crippen LogP contribution >= 0.6 is 43.5 Å². The zero-order chi connectivity index (χ0) is 17.9. The van der Waals surface area contributed by atoms with Crippen LogP contribution in [0.2, 0.25) is 5.02 Å². The van der Waals surface area contributed by atoms with Crippen molar-refractivity contribution in [1.82, 2.24) is 0 Å². The highest BCUT2D eigenvalue weighted by Gasteiger charge is 2.04. The lowest BCUT2D eigenvalue weighted by Gasteiger charge is -2.22. The van der Waals surface area contributed by atoms with Gasteiger partial charge in [0.15, 0.2) is 0 Å². The van der Waals surface area contributed by atoms with Crippen LogP contribution in [-0.2, 0) is 0 Å². The third kappa shape index (κ3) is 7.55. The Bertz CT molecular complexity index is 632. The molecule has 0 aliphatic carbocycles. The summed E-state index contributed by atoms with van der Waals surface area (Å²) in [6, 6.07) is 13.4. The number of aromatic carboxylic acids is 1. The van der Waals surface area contributed by atoms with Crippen LogP contribution in [0.5, 0.6) is 5.75 Å². The molecule has 0 heterocycles. The summed E-state index contributed by atoms with van der Waals surface area (Å²) in [5, 5.41) is 19.9. The van der Waals surface area contributed by atoms with Gasteiger partial charge in [0, 0.05) is 34.5 Å². The second kappa shape index (κ2) is 11.3. The van der Waals surface area contributed by atoms with Crippen LogP contribution in [0.4, 0.5) is 5.69 Å². The second-order valence-electron chi connectivity index (χ2n) is 4.70. The van der Waals surface area contributed by atoms with Crippen molar-refractivity contribution < 1.29 is 15.0 Å². The van der Waals surface area contributed by atoms with E-state index in [0.717, 1.165) is 29.4 Å². The maximum absolute atomic E-state index is 10.3. The minimum atomic E-state index is -0.956. The molecule has 2 rings (SSSR count). The van der Waals surface area contributed by atoms with Gasteiger partial charge in [0.05, 0.1) is 5.56 Å². The minimum absolute atomic E-state index is 0.215. The van der Waals surface area contributed by atoms with Gasteiger partial charge >= 0.3 is 5.97 Å². The number of anilines is 1. The highest BCUT2D eigenvalue weighted by molar-refractivity contribution is 9.09. The summed E-state index contributed by atoms with van der Waals surface area (Å²) in [7, 11) is 0. The van der Waals surface area contributed by atoms with Gasteiger partial charge in [0.25, 0.3) is 0 Å². The van der Waals surface area contributed by atoms with E-state index >= 15 is 0 Å². The fourth-order valence-electron chi connectivity index (χ4n) is 1.86. The Morgan fingerprint density at radius 3 is 2.04 bits per heavy atom. The summed E-state index contributed by atoms with van der Waals surface area (Å²) < 4.78 is 0. The Hall–Kier alpha value is -1.24. The van der Waals surface area contributed by atoms with E-state index in [4.69, 9.17) is 21.8 Å². The molecule has 0 unspecified atom stereocenters. The Morgan fingerprint density at radius 1 is 1.04 bits per heavy atom. The molecule has 2 aromatic carbocycles.